The molecule has 0 aliphatic carbocycles. The number of amides is 1. The number of ether oxygens (including phenoxy) is 1. The molecule has 2 N–H and O–H groups in total. The van der Waals surface area contributed by atoms with Crippen LogP contribution in [-0.4, -0.2) is 27.3 Å². The van der Waals surface area contributed by atoms with Crippen LogP contribution in [0.5, 0.6) is 5.75 Å². The molecule has 0 saturated carbocycles. The average Bonchev–Trinajstić information content (AvgIpc) is 3.33. The lowest BCUT2D eigenvalue weighted by atomic mass is 10.0. The summed E-state index contributed by atoms with van der Waals surface area (Å²) >= 11 is 1.49. The molecule has 5 rings (SSSR count). The zero-order valence-corrected chi connectivity index (χ0v) is 16.2. The molecule has 6 nitrogen and oxygen atoms in total. The summed E-state index contributed by atoms with van der Waals surface area (Å²) in [6.45, 7) is 0.438. The van der Waals surface area contributed by atoms with Crippen molar-refractivity contribution in [1.29, 1.82) is 0 Å². The predicted octanol–water partition coefficient (Wildman–Crippen LogP) is 3.97. The third-order valence-electron chi connectivity index (χ3n) is 4.86. The molecule has 4 aromatic rings. The topological polar surface area (TPSA) is 83.0 Å². The third-order valence-corrected chi connectivity index (χ3v) is 6.05. The van der Waals surface area contributed by atoms with Gasteiger partial charge in [-0.3, -0.25) is 4.79 Å². The maximum absolute atomic E-state index is 14.3. The van der Waals surface area contributed by atoms with Gasteiger partial charge in [0.1, 0.15) is 29.4 Å². The summed E-state index contributed by atoms with van der Waals surface area (Å²) in [6.07, 6.45) is 1.96. The van der Waals surface area contributed by atoms with Crippen LogP contribution in [0, 0.1) is 11.6 Å². The highest BCUT2D eigenvalue weighted by Gasteiger charge is 2.23. The Kier molecular flexibility index (Phi) is 4.32. The summed E-state index contributed by atoms with van der Waals surface area (Å²) in [4.78, 5) is 17.6. The SMILES string of the molecule is NC(=O)c1ccc2c(c1)OCCc1sc(-c3ncnn3-c3cc(F)ccc3F)cc1-2. The first-order chi connectivity index (χ1) is 14.5. The number of rotatable bonds is 3. The molecule has 3 heterocycles. The van der Waals surface area contributed by atoms with Gasteiger partial charge in [0.2, 0.25) is 5.91 Å². The fourth-order valence-electron chi connectivity index (χ4n) is 3.46. The van der Waals surface area contributed by atoms with Gasteiger partial charge in [-0.15, -0.1) is 11.3 Å². The minimum atomic E-state index is -0.598. The van der Waals surface area contributed by atoms with Crippen LogP contribution in [0.2, 0.25) is 0 Å². The molecule has 9 heteroatoms. The number of primary amides is 1. The summed E-state index contributed by atoms with van der Waals surface area (Å²) < 4.78 is 35.1. The summed E-state index contributed by atoms with van der Waals surface area (Å²) in [5, 5.41) is 4.09. The summed E-state index contributed by atoms with van der Waals surface area (Å²) in [5.41, 5.74) is 7.50. The Labute approximate surface area is 173 Å². The molecule has 0 atom stereocenters. The van der Waals surface area contributed by atoms with E-state index in [1.54, 1.807) is 18.2 Å². The number of fused-ring (bicyclic) bond motifs is 3. The summed E-state index contributed by atoms with van der Waals surface area (Å²) in [6, 6.07) is 10.2. The van der Waals surface area contributed by atoms with Gasteiger partial charge in [0.05, 0.1) is 11.5 Å². The van der Waals surface area contributed by atoms with E-state index >= 15 is 0 Å². The first kappa shape index (κ1) is 18.4. The minimum Gasteiger partial charge on any atom is -0.493 e. The van der Waals surface area contributed by atoms with Crippen molar-refractivity contribution < 1.29 is 18.3 Å². The molecule has 0 bridgehead atoms. The highest BCUT2D eigenvalue weighted by atomic mass is 32.1. The molecule has 150 valence electrons. The van der Waals surface area contributed by atoms with E-state index in [0.717, 1.165) is 39.1 Å². The number of carbonyl (C=O) groups excluding carboxylic acids is 1. The molecule has 0 radical (unpaired) electrons. The first-order valence-corrected chi connectivity index (χ1v) is 9.88. The van der Waals surface area contributed by atoms with Crippen LogP contribution in [0.25, 0.3) is 27.5 Å². The van der Waals surface area contributed by atoms with Crippen molar-refractivity contribution in [3.63, 3.8) is 0 Å². The summed E-state index contributed by atoms with van der Waals surface area (Å²) in [5.74, 6) is -0.701. The second-order valence-electron chi connectivity index (χ2n) is 6.71. The smallest absolute Gasteiger partial charge is 0.248 e. The molecule has 2 aromatic carbocycles. The van der Waals surface area contributed by atoms with Crippen LogP contribution >= 0.6 is 11.3 Å². The molecule has 2 aromatic heterocycles. The van der Waals surface area contributed by atoms with Crippen molar-refractivity contribution in [2.75, 3.05) is 6.61 Å². The Balaban J connectivity index is 1.63. The molecule has 0 spiro atoms. The normalized spacial score (nSPS) is 12.6. The lowest BCUT2D eigenvalue weighted by Gasteiger charge is -2.09. The Hall–Kier alpha value is -3.59. The quantitative estimate of drug-likeness (QED) is 0.539. The number of carbonyl (C=O) groups is 1. The number of aromatic nitrogens is 3. The van der Waals surface area contributed by atoms with Crippen LogP contribution < -0.4 is 10.5 Å². The van der Waals surface area contributed by atoms with Gasteiger partial charge in [-0.1, -0.05) is 0 Å². The maximum atomic E-state index is 14.3. The van der Waals surface area contributed by atoms with Gasteiger partial charge in [-0.25, -0.2) is 18.4 Å². The highest BCUT2D eigenvalue weighted by Crippen LogP contribution is 2.43. The van der Waals surface area contributed by atoms with Crippen molar-refractivity contribution >= 4 is 17.2 Å². The van der Waals surface area contributed by atoms with E-state index in [9.17, 15) is 13.6 Å². The van der Waals surface area contributed by atoms with E-state index in [1.165, 1.54) is 22.3 Å². The number of hydrogen-bond acceptors (Lipinski definition) is 5. The number of benzene rings is 2. The number of hydrogen-bond donors (Lipinski definition) is 1. The van der Waals surface area contributed by atoms with E-state index in [1.807, 2.05) is 6.07 Å². The Morgan fingerprint density at radius 1 is 1.13 bits per heavy atom. The van der Waals surface area contributed by atoms with Gasteiger partial charge in [-0.05, 0) is 36.4 Å². The van der Waals surface area contributed by atoms with Gasteiger partial charge in [0, 0.05) is 34.1 Å². The van der Waals surface area contributed by atoms with Crippen LogP contribution in [0.15, 0.2) is 48.8 Å². The lowest BCUT2D eigenvalue weighted by molar-refractivity contribution is 0.1000. The molecule has 30 heavy (non-hydrogen) atoms. The third kappa shape index (κ3) is 3.03. The number of nitrogens with two attached hydrogens (primary N) is 1. The average molecular weight is 424 g/mol. The van der Waals surface area contributed by atoms with Crippen LogP contribution in [0.3, 0.4) is 0 Å². The first-order valence-electron chi connectivity index (χ1n) is 9.07. The van der Waals surface area contributed by atoms with Crippen molar-refractivity contribution in [2.45, 2.75) is 6.42 Å². The van der Waals surface area contributed by atoms with Crippen molar-refractivity contribution in [3.05, 3.63) is 70.9 Å². The second-order valence-corrected chi connectivity index (χ2v) is 7.85. The van der Waals surface area contributed by atoms with Crippen molar-refractivity contribution in [2.24, 2.45) is 5.73 Å². The van der Waals surface area contributed by atoms with Crippen LogP contribution in [0.4, 0.5) is 8.78 Å². The molecule has 1 amide bonds. The van der Waals surface area contributed by atoms with Crippen LogP contribution in [-0.2, 0) is 6.42 Å². The van der Waals surface area contributed by atoms with E-state index in [2.05, 4.69) is 10.1 Å². The molecular weight excluding hydrogens is 410 g/mol. The minimum absolute atomic E-state index is 0.0130. The second kappa shape index (κ2) is 7.03. The molecule has 1 aliphatic heterocycles. The number of thiophene rings is 1. The lowest BCUT2D eigenvalue weighted by Crippen LogP contribution is -2.11. The Morgan fingerprint density at radius 2 is 2.00 bits per heavy atom. The zero-order valence-electron chi connectivity index (χ0n) is 15.4. The zero-order chi connectivity index (χ0) is 20.8. The van der Waals surface area contributed by atoms with Crippen molar-refractivity contribution in [3.8, 4) is 33.3 Å². The van der Waals surface area contributed by atoms with Crippen molar-refractivity contribution in [1.82, 2.24) is 14.8 Å². The summed E-state index contributed by atoms with van der Waals surface area (Å²) in [7, 11) is 0. The Bertz CT molecular complexity index is 1300. The van der Waals surface area contributed by atoms with Gasteiger partial charge in [0.15, 0.2) is 5.82 Å². The molecule has 0 saturated heterocycles. The van der Waals surface area contributed by atoms with E-state index in [0.29, 0.717) is 30.2 Å². The molecule has 0 unspecified atom stereocenters. The number of halogens is 2. The number of nitrogens with zero attached hydrogens (tertiary/aromatic N) is 3. The van der Waals surface area contributed by atoms with Gasteiger partial charge >= 0.3 is 0 Å². The Morgan fingerprint density at radius 3 is 2.83 bits per heavy atom. The van der Waals surface area contributed by atoms with E-state index in [4.69, 9.17) is 10.5 Å². The van der Waals surface area contributed by atoms with E-state index in [-0.39, 0.29) is 5.69 Å². The molecular formula is C21H14F2N4O2S. The van der Waals surface area contributed by atoms with Gasteiger partial charge in [0.25, 0.3) is 0 Å². The fraction of sp³-hybridized carbons (Fsp3) is 0.0952. The standard InChI is InChI=1S/C21H14F2N4O2S/c22-12-2-4-15(23)16(8-12)27-21(25-10-26-27)19-9-14-13-3-1-11(20(24)28)7-17(13)29-6-5-18(14)30-19/h1-4,7-10H,5-6H2,(H2,24,28). The van der Waals surface area contributed by atoms with Gasteiger partial charge < -0.3 is 10.5 Å². The monoisotopic (exact) mass is 424 g/mol. The van der Waals surface area contributed by atoms with Crippen LogP contribution in [0.1, 0.15) is 15.2 Å². The fourth-order valence-corrected chi connectivity index (χ4v) is 4.59. The highest BCUT2D eigenvalue weighted by molar-refractivity contribution is 7.16. The molecule has 0 fully saturated rings. The van der Waals surface area contributed by atoms with Gasteiger partial charge in [-0.2, -0.15) is 5.10 Å². The molecule has 1 aliphatic rings. The van der Waals surface area contributed by atoms with E-state index < -0.39 is 17.5 Å². The predicted molar refractivity (Wildman–Crippen MR) is 108 cm³/mol. The largest absolute Gasteiger partial charge is 0.493 e. The maximum Gasteiger partial charge on any atom is 0.248 e.